The number of nitrogens with zero attached hydrogens (tertiary/aromatic N) is 1. The Morgan fingerprint density at radius 1 is 1.25 bits per heavy atom. The molecule has 0 saturated carbocycles. The lowest BCUT2D eigenvalue weighted by Gasteiger charge is -2.04. The van der Waals surface area contributed by atoms with Gasteiger partial charge in [-0.15, -0.1) is 11.3 Å². The summed E-state index contributed by atoms with van der Waals surface area (Å²) >= 11 is 1.53. The molecule has 0 bridgehead atoms. The van der Waals surface area contributed by atoms with Crippen LogP contribution < -0.4 is 5.43 Å². The van der Waals surface area contributed by atoms with Gasteiger partial charge in [0, 0.05) is 4.88 Å². The summed E-state index contributed by atoms with van der Waals surface area (Å²) in [6.45, 7) is 5.64. The summed E-state index contributed by atoms with van der Waals surface area (Å²) in [5.41, 5.74) is 1.99. The Kier molecular flexibility index (Phi) is 2.87. The highest BCUT2D eigenvalue weighted by Crippen LogP contribution is 2.29. The molecule has 0 aliphatic rings. The molecule has 1 N–H and O–H groups in total. The summed E-state index contributed by atoms with van der Waals surface area (Å²) in [4.78, 5) is 17.9. The van der Waals surface area contributed by atoms with Crippen molar-refractivity contribution in [2.45, 2.75) is 20.8 Å². The third-order valence-corrected chi connectivity index (χ3v) is 4.05. The Labute approximate surface area is 119 Å². The molecule has 3 aromatic rings. The Bertz CT molecular complexity index is 877. The van der Waals surface area contributed by atoms with Crippen molar-refractivity contribution in [2.75, 3.05) is 0 Å². The molecule has 0 fully saturated rings. The maximum Gasteiger partial charge on any atom is 0.205 e. The molecule has 2 heterocycles. The Hall–Kier alpha value is -2.14. The van der Waals surface area contributed by atoms with Gasteiger partial charge in [-0.05, 0) is 38.5 Å². The van der Waals surface area contributed by atoms with Crippen LogP contribution in [0.4, 0.5) is 0 Å². The first-order valence-electron chi connectivity index (χ1n) is 6.17. The Balaban J connectivity index is 2.37. The number of fused-ring (bicyclic) bond motifs is 1. The molecule has 102 valence electrons. The lowest BCUT2D eigenvalue weighted by atomic mass is 10.1. The van der Waals surface area contributed by atoms with Crippen molar-refractivity contribution in [1.82, 2.24) is 4.98 Å². The topological polar surface area (TPSA) is 63.3 Å². The number of aromatic hydroxyl groups is 1. The number of hydrogen-bond donors (Lipinski definition) is 1. The van der Waals surface area contributed by atoms with Crippen molar-refractivity contribution in [3.63, 3.8) is 0 Å². The van der Waals surface area contributed by atoms with Gasteiger partial charge in [0.1, 0.15) is 23.0 Å². The maximum absolute atomic E-state index is 12.6. The SMILES string of the molecule is Cc1cc(O)c2c(=O)c(-c3nc(C)sc3C)coc2c1. The van der Waals surface area contributed by atoms with Crippen molar-refractivity contribution >= 4 is 22.3 Å². The van der Waals surface area contributed by atoms with Crippen LogP contribution in [0.25, 0.3) is 22.2 Å². The fraction of sp³-hybridized carbons (Fsp3) is 0.200. The zero-order valence-electron chi connectivity index (χ0n) is 11.4. The minimum Gasteiger partial charge on any atom is -0.507 e. The van der Waals surface area contributed by atoms with E-state index in [4.69, 9.17) is 4.42 Å². The third kappa shape index (κ3) is 1.91. The highest BCUT2D eigenvalue weighted by molar-refractivity contribution is 7.11. The first-order chi connectivity index (χ1) is 9.47. The molecule has 0 radical (unpaired) electrons. The van der Waals surface area contributed by atoms with Gasteiger partial charge < -0.3 is 9.52 Å². The second-order valence-corrected chi connectivity index (χ2v) is 6.18. The lowest BCUT2D eigenvalue weighted by molar-refractivity contribution is 0.479. The van der Waals surface area contributed by atoms with Crippen LogP contribution in [0, 0.1) is 20.8 Å². The van der Waals surface area contributed by atoms with Crippen LogP contribution in [-0.2, 0) is 0 Å². The molecule has 0 atom stereocenters. The van der Waals surface area contributed by atoms with Crippen molar-refractivity contribution in [3.05, 3.63) is 44.1 Å². The molecule has 0 saturated heterocycles. The highest BCUT2D eigenvalue weighted by atomic mass is 32.1. The van der Waals surface area contributed by atoms with Crippen molar-refractivity contribution in [2.24, 2.45) is 0 Å². The quantitative estimate of drug-likeness (QED) is 0.743. The predicted molar refractivity (Wildman–Crippen MR) is 79.5 cm³/mol. The normalized spacial score (nSPS) is 11.2. The second kappa shape index (κ2) is 4.45. The first kappa shape index (κ1) is 12.9. The van der Waals surface area contributed by atoms with Crippen LogP contribution in [0.15, 0.2) is 27.6 Å². The summed E-state index contributed by atoms with van der Waals surface area (Å²) in [5.74, 6) is -0.0554. The lowest BCUT2D eigenvalue weighted by Crippen LogP contribution is -2.06. The average Bonchev–Trinajstić information content (AvgIpc) is 2.67. The molecule has 0 amide bonds. The monoisotopic (exact) mass is 287 g/mol. The standard InChI is InChI=1S/C15H13NO3S/c1-7-4-11(17)13-12(5-7)19-6-10(15(13)18)14-8(2)20-9(3)16-14/h4-6,17H,1-3H3. The smallest absolute Gasteiger partial charge is 0.205 e. The minimum absolute atomic E-state index is 0.0554. The van der Waals surface area contributed by atoms with Crippen molar-refractivity contribution in [3.8, 4) is 17.0 Å². The van der Waals surface area contributed by atoms with Gasteiger partial charge in [0.25, 0.3) is 0 Å². The van der Waals surface area contributed by atoms with Crippen LogP contribution in [0.5, 0.6) is 5.75 Å². The Morgan fingerprint density at radius 3 is 2.65 bits per heavy atom. The molecule has 0 spiro atoms. The number of benzene rings is 1. The summed E-state index contributed by atoms with van der Waals surface area (Å²) in [5, 5.41) is 11.1. The second-order valence-electron chi connectivity index (χ2n) is 4.77. The van der Waals surface area contributed by atoms with E-state index in [9.17, 15) is 9.90 Å². The van der Waals surface area contributed by atoms with Gasteiger partial charge >= 0.3 is 0 Å². The molecule has 5 heteroatoms. The zero-order valence-corrected chi connectivity index (χ0v) is 12.2. The van der Waals surface area contributed by atoms with Crippen molar-refractivity contribution in [1.29, 1.82) is 0 Å². The van der Waals surface area contributed by atoms with Crippen LogP contribution in [-0.4, -0.2) is 10.1 Å². The highest BCUT2D eigenvalue weighted by Gasteiger charge is 2.16. The van der Waals surface area contributed by atoms with E-state index in [0.717, 1.165) is 15.4 Å². The largest absolute Gasteiger partial charge is 0.507 e. The number of aryl methyl sites for hydroxylation is 3. The summed E-state index contributed by atoms with van der Waals surface area (Å²) in [6, 6.07) is 3.29. The maximum atomic E-state index is 12.6. The van der Waals surface area contributed by atoms with E-state index in [1.165, 1.54) is 17.6 Å². The molecule has 2 aromatic heterocycles. The molecule has 3 rings (SSSR count). The number of phenols is 1. The summed E-state index contributed by atoms with van der Waals surface area (Å²) in [7, 11) is 0. The molecule has 0 aliphatic heterocycles. The van der Waals surface area contributed by atoms with E-state index in [2.05, 4.69) is 4.98 Å². The molecule has 0 aliphatic carbocycles. The first-order valence-corrected chi connectivity index (χ1v) is 6.98. The fourth-order valence-corrected chi connectivity index (χ4v) is 3.14. The van der Waals surface area contributed by atoms with Gasteiger partial charge in [-0.3, -0.25) is 4.79 Å². The van der Waals surface area contributed by atoms with E-state index in [-0.39, 0.29) is 16.6 Å². The van der Waals surface area contributed by atoms with Crippen LogP contribution in [0.3, 0.4) is 0 Å². The third-order valence-electron chi connectivity index (χ3n) is 3.16. The number of aromatic nitrogens is 1. The van der Waals surface area contributed by atoms with Crippen LogP contribution >= 0.6 is 11.3 Å². The molecule has 4 nitrogen and oxygen atoms in total. The van der Waals surface area contributed by atoms with Gasteiger partial charge in [-0.1, -0.05) is 0 Å². The zero-order chi connectivity index (χ0) is 14.4. The van der Waals surface area contributed by atoms with Gasteiger partial charge in [-0.25, -0.2) is 4.98 Å². The number of thiazole rings is 1. The summed E-state index contributed by atoms with van der Waals surface area (Å²) < 4.78 is 5.51. The van der Waals surface area contributed by atoms with E-state index in [1.807, 2.05) is 20.8 Å². The molecule has 20 heavy (non-hydrogen) atoms. The summed E-state index contributed by atoms with van der Waals surface area (Å²) in [6.07, 6.45) is 1.42. The van der Waals surface area contributed by atoms with E-state index in [1.54, 1.807) is 12.1 Å². The Morgan fingerprint density at radius 2 is 2.00 bits per heavy atom. The predicted octanol–water partition coefficient (Wildman–Crippen LogP) is 3.55. The number of phenolic OH excluding ortho intramolecular Hbond substituents is 1. The number of hydrogen-bond acceptors (Lipinski definition) is 5. The van der Waals surface area contributed by atoms with E-state index >= 15 is 0 Å². The van der Waals surface area contributed by atoms with Gasteiger partial charge in [-0.2, -0.15) is 0 Å². The van der Waals surface area contributed by atoms with E-state index in [0.29, 0.717) is 16.8 Å². The molecular formula is C15H13NO3S. The van der Waals surface area contributed by atoms with Gasteiger partial charge in [0.2, 0.25) is 5.43 Å². The van der Waals surface area contributed by atoms with Crippen LogP contribution in [0.1, 0.15) is 15.4 Å². The van der Waals surface area contributed by atoms with E-state index < -0.39 is 0 Å². The molecular weight excluding hydrogens is 274 g/mol. The molecule has 0 unspecified atom stereocenters. The van der Waals surface area contributed by atoms with Gasteiger partial charge in [0.15, 0.2) is 0 Å². The minimum atomic E-state index is -0.253. The number of rotatable bonds is 1. The van der Waals surface area contributed by atoms with Crippen LogP contribution in [0.2, 0.25) is 0 Å². The molecule has 1 aromatic carbocycles. The fourth-order valence-electron chi connectivity index (χ4n) is 2.31. The van der Waals surface area contributed by atoms with Crippen molar-refractivity contribution < 1.29 is 9.52 Å². The van der Waals surface area contributed by atoms with Gasteiger partial charge in [0.05, 0.1) is 16.3 Å². The average molecular weight is 287 g/mol.